The first-order chi connectivity index (χ1) is 11.8. The van der Waals surface area contributed by atoms with Gasteiger partial charge in [0, 0.05) is 0 Å². The molecule has 2 heterocycles. The number of rotatable bonds is 13. The van der Waals surface area contributed by atoms with Crippen LogP contribution in [-0.2, 0) is 18.7 Å². The normalized spacial score (nSPS) is 29.4. The molecule has 2 saturated heterocycles. The van der Waals surface area contributed by atoms with Gasteiger partial charge in [0.25, 0.3) is 0 Å². The molecule has 0 amide bonds. The summed E-state index contributed by atoms with van der Waals surface area (Å²) in [4.78, 5) is 12.3. The molecule has 0 spiro atoms. The van der Waals surface area contributed by atoms with Gasteiger partial charge in [-0.3, -0.25) is 0 Å². The number of fused-ring (bicyclic) bond motifs is 1. The smallest absolute Gasteiger partial charge is 0.344 e. The first kappa shape index (κ1) is 20.9. The second kappa shape index (κ2) is 9.00. The van der Waals surface area contributed by atoms with Crippen molar-refractivity contribution in [2.45, 2.75) is 122 Å². The fraction of sp³-hybridized carbons (Fsp3) is 0.950. The van der Waals surface area contributed by atoms with Crippen molar-refractivity contribution in [1.29, 1.82) is 0 Å². The number of ether oxygens (including phenoxy) is 2. The van der Waals surface area contributed by atoms with E-state index in [4.69, 9.17) is 13.9 Å². The topological polar surface area (TPSA) is 48.1 Å². The first-order valence-corrected chi connectivity index (χ1v) is 13.8. The summed E-state index contributed by atoms with van der Waals surface area (Å²) in [5.74, 6) is -0.204. The van der Waals surface area contributed by atoms with Gasteiger partial charge in [-0.1, -0.05) is 64.7 Å². The molecule has 0 bridgehead atoms. The summed E-state index contributed by atoms with van der Waals surface area (Å²) in [6.07, 6.45) is 12.2. The molecule has 2 aliphatic heterocycles. The minimum atomic E-state index is -1.74. The molecule has 0 aromatic rings. The maximum atomic E-state index is 12.3. The van der Waals surface area contributed by atoms with Gasteiger partial charge in [0.1, 0.15) is 12.2 Å². The molecule has 1 unspecified atom stereocenters. The minimum Gasteiger partial charge on any atom is -0.457 e. The Morgan fingerprint density at radius 1 is 1.04 bits per heavy atom. The number of cyclic esters (lactones) is 1. The van der Waals surface area contributed by atoms with E-state index in [0.717, 1.165) is 12.8 Å². The van der Waals surface area contributed by atoms with Gasteiger partial charge in [-0.25, -0.2) is 4.79 Å². The molecular formula is C20H38O4Si. The zero-order valence-corrected chi connectivity index (χ0v) is 17.9. The third-order valence-electron chi connectivity index (χ3n) is 5.27. The SMILES string of the molecule is CCCCCCCCCCCC(O[Si](C)(C)C)[C@@]12O[C@@H]1[C@@H](C)OC2=O. The van der Waals surface area contributed by atoms with E-state index in [1.165, 1.54) is 51.4 Å². The van der Waals surface area contributed by atoms with Gasteiger partial charge in [0.05, 0.1) is 6.10 Å². The van der Waals surface area contributed by atoms with Crippen LogP contribution in [-0.4, -0.2) is 38.2 Å². The maximum Gasteiger partial charge on any atom is 0.344 e. The Morgan fingerprint density at radius 3 is 2.04 bits per heavy atom. The number of unbranched alkanes of at least 4 members (excludes halogenated alkanes) is 8. The molecule has 0 N–H and O–H groups in total. The molecule has 4 nitrogen and oxygen atoms in total. The predicted octanol–water partition coefficient (Wildman–Crippen LogP) is 5.21. The number of carbonyl (C=O) groups excluding carboxylic acids is 1. The van der Waals surface area contributed by atoms with E-state index in [9.17, 15) is 4.79 Å². The molecule has 0 aromatic carbocycles. The van der Waals surface area contributed by atoms with Crippen LogP contribution in [0.5, 0.6) is 0 Å². The van der Waals surface area contributed by atoms with E-state index in [-0.39, 0.29) is 24.3 Å². The van der Waals surface area contributed by atoms with Crippen molar-refractivity contribution in [2.75, 3.05) is 0 Å². The fourth-order valence-electron chi connectivity index (χ4n) is 3.93. The molecule has 2 fully saturated rings. The monoisotopic (exact) mass is 370 g/mol. The van der Waals surface area contributed by atoms with Crippen LogP contribution in [0.15, 0.2) is 0 Å². The highest BCUT2D eigenvalue weighted by Crippen LogP contribution is 2.51. The number of epoxide rings is 1. The van der Waals surface area contributed by atoms with E-state index in [2.05, 4.69) is 26.6 Å². The molecule has 0 aromatic heterocycles. The lowest BCUT2D eigenvalue weighted by molar-refractivity contribution is -0.156. The lowest BCUT2D eigenvalue weighted by Gasteiger charge is -2.28. The molecule has 146 valence electrons. The standard InChI is InChI=1S/C20H38O4Si/c1-6-7-8-9-10-11-12-13-14-15-17(24-25(3,4)5)20-18(23-20)16(2)22-19(20)21/h16-18H,6-15H2,1-5H3/t16-,17?,18-,20-/m1/s1. The molecule has 5 heteroatoms. The number of hydrogen-bond acceptors (Lipinski definition) is 4. The van der Waals surface area contributed by atoms with E-state index in [1.807, 2.05) is 6.92 Å². The molecule has 2 aliphatic rings. The number of carbonyl (C=O) groups is 1. The highest BCUT2D eigenvalue weighted by Gasteiger charge is 2.75. The molecule has 4 atom stereocenters. The quantitative estimate of drug-likeness (QED) is 0.193. The number of esters is 1. The summed E-state index contributed by atoms with van der Waals surface area (Å²) in [6, 6.07) is 0. The van der Waals surface area contributed by atoms with E-state index in [0.29, 0.717) is 0 Å². The summed E-state index contributed by atoms with van der Waals surface area (Å²) in [7, 11) is -1.74. The highest BCUT2D eigenvalue weighted by molar-refractivity contribution is 6.69. The Hall–Kier alpha value is -0.393. The zero-order valence-electron chi connectivity index (χ0n) is 16.9. The number of hydrogen-bond donors (Lipinski definition) is 0. The first-order valence-electron chi connectivity index (χ1n) is 10.4. The van der Waals surface area contributed by atoms with Crippen molar-refractivity contribution in [3.8, 4) is 0 Å². The van der Waals surface area contributed by atoms with E-state index < -0.39 is 13.9 Å². The van der Waals surface area contributed by atoms with Crippen molar-refractivity contribution >= 4 is 14.3 Å². The van der Waals surface area contributed by atoms with Crippen molar-refractivity contribution in [1.82, 2.24) is 0 Å². The van der Waals surface area contributed by atoms with Crippen LogP contribution < -0.4 is 0 Å². The van der Waals surface area contributed by atoms with Crippen molar-refractivity contribution < 1.29 is 18.7 Å². The van der Waals surface area contributed by atoms with Gasteiger partial charge in [-0.05, 0) is 33.0 Å². The summed E-state index contributed by atoms with van der Waals surface area (Å²) in [6.45, 7) is 10.7. The zero-order chi connectivity index (χ0) is 18.5. The van der Waals surface area contributed by atoms with E-state index >= 15 is 0 Å². The van der Waals surface area contributed by atoms with Crippen molar-refractivity contribution in [2.24, 2.45) is 0 Å². The molecule has 2 rings (SSSR count). The second-order valence-corrected chi connectivity index (χ2v) is 13.2. The van der Waals surface area contributed by atoms with Crippen molar-refractivity contribution in [3.05, 3.63) is 0 Å². The third kappa shape index (κ3) is 5.54. The Labute approximate surface area is 155 Å². The molecule has 0 radical (unpaired) electrons. The molecule has 0 saturated carbocycles. The lowest BCUT2D eigenvalue weighted by Crippen LogP contribution is -2.45. The van der Waals surface area contributed by atoms with Crippen LogP contribution >= 0.6 is 0 Å². The van der Waals surface area contributed by atoms with E-state index in [1.54, 1.807) is 0 Å². The summed E-state index contributed by atoms with van der Waals surface area (Å²) < 4.78 is 17.6. The average Bonchev–Trinajstić information content (AvgIpc) is 3.22. The van der Waals surface area contributed by atoms with Gasteiger partial charge in [0.15, 0.2) is 8.32 Å². The Kier molecular flexibility index (Phi) is 7.53. The average molecular weight is 371 g/mol. The van der Waals surface area contributed by atoms with Crippen LogP contribution in [0.1, 0.15) is 78.1 Å². The fourth-order valence-corrected chi connectivity index (χ4v) is 5.07. The predicted molar refractivity (Wildman–Crippen MR) is 103 cm³/mol. The van der Waals surface area contributed by atoms with Gasteiger partial charge in [-0.2, -0.15) is 0 Å². The third-order valence-corrected chi connectivity index (χ3v) is 6.26. The van der Waals surface area contributed by atoms with Crippen molar-refractivity contribution in [3.63, 3.8) is 0 Å². The Balaban J connectivity index is 1.73. The van der Waals surface area contributed by atoms with Gasteiger partial charge in [0.2, 0.25) is 5.60 Å². The van der Waals surface area contributed by atoms with Crippen LogP contribution in [0.3, 0.4) is 0 Å². The van der Waals surface area contributed by atoms with Crippen LogP contribution in [0.4, 0.5) is 0 Å². The van der Waals surface area contributed by atoms with Gasteiger partial charge < -0.3 is 13.9 Å². The lowest BCUT2D eigenvalue weighted by atomic mass is 9.93. The van der Waals surface area contributed by atoms with Crippen LogP contribution in [0, 0.1) is 0 Å². The van der Waals surface area contributed by atoms with Gasteiger partial charge in [-0.15, -0.1) is 0 Å². The Bertz CT molecular complexity index is 434. The van der Waals surface area contributed by atoms with Crippen LogP contribution in [0.25, 0.3) is 0 Å². The molecular weight excluding hydrogens is 332 g/mol. The highest BCUT2D eigenvalue weighted by atomic mass is 28.4. The molecule has 0 aliphatic carbocycles. The summed E-state index contributed by atoms with van der Waals surface area (Å²) in [5.41, 5.74) is -0.792. The largest absolute Gasteiger partial charge is 0.457 e. The Morgan fingerprint density at radius 2 is 1.60 bits per heavy atom. The minimum absolute atomic E-state index is 0.0973. The second-order valence-electron chi connectivity index (χ2n) is 8.78. The van der Waals surface area contributed by atoms with Gasteiger partial charge >= 0.3 is 5.97 Å². The summed E-state index contributed by atoms with van der Waals surface area (Å²) >= 11 is 0. The maximum absolute atomic E-state index is 12.3. The van der Waals surface area contributed by atoms with Crippen LogP contribution in [0.2, 0.25) is 19.6 Å². The molecule has 25 heavy (non-hydrogen) atoms. The summed E-state index contributed by atoms with van der Waals surface area (Å²) in [5, 5.41) is 0.